The van der Waals surface area contributed by atoms with Gasteiger partial charge in [-0.15, -0.1) is 0 Å². The van der Waals surface area contributed by atoms with E-state index in [1.807, 2.05) is 5.32 Å². The Morgan fingerprint density at radius 3 is 2.50 bits per heavy atom. The van der Waals surface area contributed by atoms with E-state index in [2.05, 4.69) is 27.7 Å². The molecule has 1 amide bonds. The van der Waals surface area contributed by atoms with E-state index in [1.54, 1.807) is 11.8 Å². The fraction of sp³-hybridized carbons (Fsp3) is 0.857. The van der Waals surface area contributed by atoms with Crippen molar-refractivity contribution in [2.45, 2.75) is 58.7 Å². The SMILES string of the molecule is CC(CC=O)NC(=O)[O-].CC1C[NH+](C(C)(C)C)CCO1. The van der Waals surface area contributed by atoms with E-state index >= 15 is 0 Å². The Morgan fingerprint density at radius 2 is 2.15 bits per heavy atom. The Kier molecular flexibility index (Phi) is 8.41. The van der Waals surface area contributed by atoms with E-state index in [9.17, 15) is 14.7 Å². The van der Waals surface area contributed by atoms with Crippen molar-refractivity contribution in [3.8, 4) is 0 Å². The van der Waals surface area contributed by atoms with Crippen LogP contribution in [0.15, 0.2) is 0 Å². The molecule has 6 nitrogen and oxygen atoms in total. The second-order valence-electron chi connectivity index (χ2n) is 6.22. The van der Waals surface area contributed by atoms with E-state index < -0.39 is 6.09 Å². The Morgan fingerprint density at radius 1 is 1.55 bits per heavy atom. The van der Waals surface area contributed by atoms with E-state index in [0.29, 0.717) is 17.9 Å². The van der Waals surface area contributed by atoms with E-state index in [0.717, 1.165) is 19.7 Å². The minimum atomic E-state index is -1.34. The lowest BCUT2D eigenvalue weighted by Crippen LogP contribution is -3.21. The molecular weight excluding hydrogens is 260 g/mol. The second kappa shape index (κ2) is 8.92. The standard InChI is InChI=1S/C9H19NO.C5H9NO3/c1-8-7-10(5-6-11-8)9(2,3)4;1-4(2-3-7)6-5(8)9/h8H,5-7H2,1-4H3;3-4,6H,2H2,1H3,(H,8,9). The molecule has 1 heterocycles. The lowest BCUT2D eigenvalue weighted by molar-refractivity contribution is -0.956. The molecule has 3 unspecified atom stereocenters. The van der Waals surface area contributed by atoms with Crippen LogP contribution in [0.1, 0.15) is 41.0 Å². The molecule has 1 rings (SSSR count). The molecule has 0 spiro atoms. The number of nitrogens with one attached hydrogen (secondary N) is 2. The molecule has 1 aliphatic heterocycles. The third kappa shape index (κ3) is 8.87. The molecule has 2 N–H and O–H groups in total. The third-order valence-electron chi connectivity index (χ3n) is 3.21. The van der Waals surface area contributed by atoms with Crippen LogP contribution < -0.4 is 15.3 Å². The number of quaternary nitrogens is 1. The average molecular weight is 288 g/mol. The Bertz CT molecular complexity index is 302. The first-order valence-corrected chi connectivity index (χ1v) is 7.04. The van der Waals surface area contributed by atoms with E-state index in [-0.39, 0.29) is 12.5 Å². The van der Waals surface area contributed by atoms with Gasteiger partial charge in [-0.2, -0.15) is 0 Å². The monoisotopic (exact) mass is 288 g/mol. The number of aldehydes is 1. The van der Waals surface area contributed by atoms with Crippen LogP contribution in [0, 0.1) is 0 Å². The van der Waals surface area contributed by atoms with Crippen LogP contribution in [0.2, 0.25) is 0 Å². The van der Waals surface area contributed by atoms with Crippen LogP contribution in [0.4, 0.5) is 4.79 Å². The highest BCUT2D eigenvalue weighted by Crippen LogP contribution is 1.97. The maximum absolute atomic E-state index is 9.75. The smallest absolute Gasteiger partial charge is 0.134 e. The molecule has 0 aromatic heterocycles. The summed E-state index contributed by atoms with van der Waals surface area (Å²) < 4.78 is 5.48. The molecule has 0 aliphatic carbocycles. The van der Waals surface area contributed by atoms with Crippen LogP contribution in [0.3, 0.4) is 0 Å². The maximum Gasteiger partial charge on any atom is 0.134 e. The van der Waals surface area contributed by atoms with Crippen LogP contribution in [-0.2, 0) is 9.53 Å². The van der Waals surface area contributed by atoms with Crippen LogP contribution in [0.25, 0.3) is 0 Å². The molecule has 1 saturated heterocycles. The highest BCUT2D eigenvalue weighted by atomic mass is 16.5. The molecule has 0 saturated carbocycles. The van der Waals surface area contributed by atoms with Gasteiger partial charge in [0.05, 0.1) is 12.1 Å². The summed E-state index contributed by atoms with van der Waals surface area (Å²) in [5.41, 5.74) is 0.387. The van der Waals surface area contributed by atoms with Gasteiger partial charge >= 0.3 is 0 Å². The van der Waals surface area contributed by atoms with Gasteiger partial charge in [-0.05, 0) is 34.6 Å². The quantitative estimate of drug-likeness (QED) is 0.652. The number of carboxylic acid groups (broad SMARTS) is 1. The predicted molar refractivity (Wildman–Crippen MR) is 74.5 cm³/mol. The van der Waals surface area contributed by atoms with Crippen LogP contribution >= 0.6 is 0 Å². The lowest BCUT2D eigenvalue weighted by Gasteiger charge is -2.37. The zero-order valence-corrected chi connectivity index (χ0v) is 13.2. The molecule has 6 heteroatoms. The molecule has 20 heavy (non-hydrogen) atoms. The molecule has 1 fully saturated rings. The largest absolute Gasteiger partial charge is 0.530 e. The zero-order chi connectivity index (χ0) is 15.8. The van der Waals surface area contributed by atoms with Gasteiger partial charge in [-0.1, -0.05) is 0 Å². The van der Waals surface area contributed by atoms with Crippen molar-refractivity contribution < 1.29 is 24.3 Å². The van der Waals surface area contributed by atoms with Gasteiger partial charge < -0.3 is 29.6 Å². The van der Waals surface area contributed by atoms with Crippen molar-refractivity contribution in [1.29, 1.82) is 0 Å². The summed E-state index contributed by atoms with van der Waals surface area (Å²) in [4.78, 5) is 21.2. The average Bonchev–Trinajstić information content (AvgIpc) is 2.27. The summed E-state index contributed by atoms with van der Waals surface area (Å²) in [6, 6.07) is -0.340. The van der Waals surface area contributed by atoms with Gasteiger partial charge in [-0.25, -0.2) is 0 Å². The highest BCUT2D eigenvalue weighted by molar-refractivity contribution is 5.63. The summed E-state index contributed by atoms with van der Waals surface area (Å²) in [6.07, 6.45) is -0.0588. The van der Waals surface area contributed by atoms with Gasteiger partial charge in [0.15, 0.2) is 0 Å². The van der Waals surface area contributed by atoms with Gasteiger partial charge in [0.25, 0.3) is 0 Å². The van der Waals surface area contributed by atoms with Gasteiger partial charge in [-0.3, -0.25) is 0 Å². The molecule has 0 aromatic rings. The summed E-state index contributed by atoms with van der Waals surface area (Å²) in [5, 5.41) is 11.8. The highest BCUT2D eigenvalue weighted by Gasteiger charge is 2.29. The number of carbonyl (C=O) groups excluding carboxylic acids is 2. The van der Waals surface area contributed by atoms with E-state index in [1.165, 1.54) is 0 Å². The fourth-order valence-corrected chi connectivity index (χ4v) is 1.98. The summed E-state index contributed by atoms with van der Waals surface area (Å²) in [7, 11) is 0. The molecule has 1 aliphatic rings. The van der Waals surface area contributed by atoms with Crippen LogP contribution in [-0.4, -0.2) is 49.8 Å². The Labute approximate surface area is 121 Å². The minimum absolute atomic E-state index is 0.188. The molecule has 3 atom stereocenters. The van der Waals surface area contributed by atoms with Crippen LogP contribution in [0.5, 0.6) is 0 Å². The number of amides is 1. The first-order chi connectivity index (χ1) is 9.16. The van der Waals surface area contributed by atoms with Crippen molar-refractivity contribution in [3.63, 3.8) is 0 Å². The van der Waals surface area contributed by atoms with Gasteiger partial charge in [0.2, 0.25) is 0 Å². The van der Waals surface area contributed by atoms with Gasteiger partial charge in [0.1, 0.15) is 31.6 Å². The second-order valence-corrected chi connectivity index (χ2v) is 6.22. The van der Waals surface area contributed by atoms with Crippen molar-refractivity contribution >= 4 is 12.4 Å². The number of hydrogen-bond donors (Lipinski definition) is 2. The molecule has 0 radical (unpaired) electrons. The van der Waals surface area contributed by atoms with Gasteiger partial charge in [0, 0.05) is 12.5 Å². The topological polar surface area (TPSA) is 82.9 Å². The minimum Gasteiger partial charge on any atom is -0.530 e. The molecular formula is C14H28N2O4. The Hall–Kier alpha value is -1.14. The number of rotatable bonds is 3. The fourth-order valence-electron chi connectivity index (χ4n) is 1.98. The normalized spacial score (nSPS) is 24.1. The summed E-state index contributed by atoms with van der Waals surface area (Å²) in [6.45, 7) is 13.9. The number of ether oxygens (including phenoxy) is 1. The Balaban J connectivity index is 0.000000370. The number of morpholine rings is 1. The van der Waals surface area contributed by atoms with E-state index in [4.69, 9.17) is 4.74 Å². The number of hydrogen-bond acceptors (Lipinski definition) is 4. The molecule has 0 aromatic carbocycles. The first kappa shape index (κ1) is 18.9. The first-order valence-electron chi connectivity index (χ1n) is 7.04. The van der Waals surface area contributed by atoms with Crippen molar-refractivity contribution in [2.75, 3.05) is 19.7 Å². The maximum atomic E-state index is 9.75. The zero-order valence-electron chi connectivity index (χ0n) is 13.2. The van der Waals surface area contributed by atoms with Crippen molar-refractivity contribution in [1.82, 2.24) is 5.32 Å². The van der Waals surface area contributed by atoms with Crippen molar-refractivity contribution in [2.24, 2.45) is 0 Å². The molecule has 118 valence electrons. The predicted octanol–water partition coefficient (Wildman–Crippen LogP) is -1.01. The summed E-state index contributed by atoms with van der Waals surface area (Å²) in [5.74, 6) is 0. The third-order valence-corrected chi connectivity index (χ3v) is 3.21. The molecule has 0 bridgehead atoms. The number of carbonyl (C=O) groups is 2. The lowest BCUT2D eigenvalue weighted by atomic mass is 10.0. The summed E-state index contributed by atoms with van der Waals surface area (Å²) >= 11 is 0. The van der Waals surface area contributed by atoms with Crippen molar-refractivity contribution in [3.05, 3.63) is 0 Å².